The smallest absolute Gasteiger partial charge is 0.321 e. The van der Waals surface area contributed by atoms with Crippen LogP contribution in [-0.4, -0.2) is 48.1 Å². The van der Waals surface area contributed by atoms with Gasteiger partial charge in [-0.15, -0.1) is 0 Å². The van der Waals surface area contributed by atoms with Crippen LogP contribution in [0.4, 0.5) is 10.5 Å². The SMILES string of the molecule is Cc1ccc(NC(=O)N2CC(N3CCCCC3)C2)cc1. The zero-order chi connectivity index (χ0) is 13.9. The molecule has 4 heteroatoms. The summed E-state index contributed by atoms with van der Waals surface area (Å²) in [5.41, 5.74) is 2.08. The molecule has 1 aromatic rings. The Balaban J connectivity index is 1.47. The number of carbonyl (C=O) groups is 1. The molecule has 0 atom stereocenters. The third kappa shape index (κ3) is 2.96. The molecule has 0 aliphatic carbocycles. The molecule has 0 unspecified atom stereocenters. The number of aryl methyl sites for hydroxylation is 1. The molecule has 1 N–H and O–H groups in total. The minimum Gasteiger partial charge on any atom is -0.321 e. The van der Waals surface area contributed by atoms with Gasteiger partial charge in [-0.25, -0.2) is 4.79 Å². The first-order chi connectivity index (χ1) is 9.72. The summed E-state index contributed by atoms with van der Waals surface area (Å²) in [6.45, 7) is 6.20. The number of likely N-dealkylation sites (tertiary alicyclic amines) is 2. The van der Waals surface area contributed by atoms with Crippen molar-refractivity contribution in [2.24, 2.45) is 0 Å². The van der Waals surface area contributed by atoms with Gasteiger partial charge in [0.25, 0.3) is 0 Å². The highest BCUT2D eigenvalue weighted by atomic mass is 16.2. The van der Waals surface area contributed by atoms with Gasteiger partial charge in [0, 0.05) is 24.8 Å². The predicted octanol–water partition coefficient (Wildman–Crippen LogP) is 2.70. The van der Waals surface area contributed by atoms with Crippen LogP contribution < -0.4 is 5.32 Å². The lowest BCUT2D eigenvalue weighted by atomic mass is 10.0. The Morgan fingerprint density at radius 1 is 1.10 bits per heavy atom. The maximum absolute atomic E-state index is 12.1. The molecule has 2 amide bonds. The van der Waals surface area contributed by atoms with Crippen LogP contribution in [0.1, 0.15) is 24.8 Å². The van der Waals surface area contributed by atoms with Gasteiger partial charge in [-0.2, -0.15) is 0 Å². The fourth-order valence-corrected chi connectivity index (χ4v) is 2.98. The van der Waals surface area contributed by atoms with Gasteiger partial charge in [0.2, 0.25) is 0 Å². The number of nitrogens with one attached hydrogen (secondary N) is 1. The van der Waals surface area contributed by atoms with Crippen LogP contribution in [0.5, 0.6) is 0 Å². The number of piperidine rings is 1. The molecule has 0 aromatic heterocycles. The fourth-order valence-electron chi connectivity index (χ4n) is 2.98. The number of rotatable bonds is 2. The maximum atomic E-state index is 12.1. The summed E-state index contributed by atoms with van der Waals surface area (Å²) in [5.74, 6) is 0. The summed E-state index contributed by atoms with van der Waals surface area (Å²) in [6.07, 6.45) is 3.99. The van der Waals surface area contributed by atoms with Crippen LogP contribution in [0, 0.1) is 6.92 Å². The quantitative estimate of drug-likeness (QED) is 0.899. The van der Waals surface area contributed by atoms with Crippen molar-refractivity contribution in [2.75, 3.05) is 31.5 Å². The lowest BCUT2D eigenvalue weighted by Gasteiger charge is -2.46. The van der Waals surface area contributed by atoms with E-state index in [1.807, 2.05) is 36.1 Å². The normalized spacial score (nSPS) is 20.6. The molecule has 2 saturated heterocycles. The van der Waals surface area contributed by atoms with E-state index in [2.05, 4.69) is 10.2 Å². The summed E-state index contributed by atoms with van der Waals surface area (Å²) in [7, 11) is 0. The highest BCUT2D eigenvalue weighted by molar-refractivity contribution is 5.89. The molecule has 3 rings (SSSR count). The highest BCUT2D eigenvalue weighted by Crippen LogP contribution is 2.20. The van der Waals surface area contributed by atoms with E-state index < -0.39 is 0 Å². The summed E-state index contributed by atoms with van der Waals surface area (Å²) >= 11 is 0. The van der Waals surface area contributed by atoms with E-state index in [0.717, 1.165) is 18.8 Å². The summed E-state index contributed by atoms with van der Waals surface area (Å²) in [5, 5.41) is 2.96. The van der Waals surface area contributed by atoms with Crippen molar-refractivity contribution in [2.45, 2.75) is 32.2 Å². The van der Waals surface area contributed by atoms with Crippen LogP contribution in [0.25, 0.3) is 0 Å². The monoisotopic (exact) mass is 273 g/mol. The van der Waals surface area contributed by atoms with Crippen molar-refractivity contribution in [1.82, 2.24) is 9.80 Å². The molecule has 0 spiro atoms. The Morgan fingerprint density at radius 2 is 1.75 bits per heavy atom. The molecule has 0 bridgehead atoms. The average Bonchev–Trinajstić information content (AvgIpc) is 2.41. The van der Waals surface area contributed by atoms with Gasteiger partial charge in [0.15, 0.2) is 0 Å². The Morgan fingerprint density at radius 3 is 2.40 bits per heavy atom. The molecule has 2 fully saturated rings. The van der Waals surface area contributed by atoms with Crippen molar-refractivity contribution < 1.29 is 4.79 Å². The van der Waals surface area contributed by atoms with E-state index in [-0.39, 0.29) is 6.03 Å². The van der Waals surface area contributed by atoms with Gasteiger partial charge >= 0.3 is 6.03 Å². The minimum absolute atomic E-state index is 0.0297. The third-order valence-electron chi connectivity index (χ3n) is 4.36. The number of amides is 2. The number of carbonyl (C=O) groups excluding carboxylic acids is 1. The van der Waals surface area contributed by atoms with Crippen LogP contribution >= 0.6 is 0 Å². The molecule has 0 saturated carbocycles. The van der Waals surface area contributed by atoms with Gasteiger partial charge < -0.3 is 10.2 Å². The first-order valence-electron chi connectivity index (χ1n) is 7.59. The van der Waals surface area contributed by atoms with Gasteiger partial charge in [0.05, 0.1) is 0 Å². The van der Waals surface area contributed by atoms with Crippen LogP contribution in [0.3, 0.4) is 0 Å². The van der Waals surface area contributed by atoms with E-state index in [1.54, 1.807) is 0 Å². The third-order valence-corrected chi connectivity index (χ3v) is 4.36. The average molecular weight is 273 g/mol. The Bertz CT molecular complexity index is 459. The number of anilines is 1. The lowest BCUT2D eigenvalue weighted by Crippen LogP contribution is -2.62. The molecule has 108 valence electrons. The zero-order valence-corrected chi connectivity index (χ0v) is 12.1. The predicted molar refractivity (Wildman–Crippen MR) is 81.0 cm³/mol. The van der Waals surface area contributed by atoms with Crippen molar-refractivity contribution in [3.05, 3.63) is 29.8 Å². The van der Waals surface area contributed by atoms with Crippen molar-refractivity contribution in [3.8, 4) is 0 Å². The largest absolute Gasteiger partial charge is 0.321 e. The van der Waals surface area contributed by atoms with Crippen molar-refractivity contribution in [3.63, 3.8) is 0 Å². The van der Waals surface area contributed by atoms with E-state index in [9.17, 15) is 4.79 Å². The molecular formula is C16H23N3O. The molecular weight excluding hydrogens is 250 g/mol. The summed E-state index contributed by atoms with van der Waals surface area (Å²) in [4.78, 5) is 16.5. The molecule has 4 nitrogen and oxygen atoms in total. The number of urea groups is 1. The Kier molecular flexibility index (Phi) is 3.92. The van der Waals surface area contributed by atoms with E-state index in [1.165, 1.54) is 37.9 Å². The molecule has 20 heavy (non-hydrogen) atoms. The van der Waals surface area contributed by atoms with E-state index in [4.69, 9.17) is 0 Å². The second kappa shape index (κ2) is 5.83. The van der Waals surface area contributed by atoms with Crippen molar-refractivity contribution in [1.29, 1.82) is 0 Å². The first kappa shape index (κ1) is 13.4. The van der Waals surface area contributed by atoms with Gasteiger partial charge in [-0.05, 0) is 45.0 Å². The van der Waals surface area contributed by atoms with Crippen molar-refractivity contribution >= 4 is 11.7 Å². The first-order valence-corrected chi connectivity index (χ1v) is 7.59. The Hall–Kier alpha value is -1.55. The molecule has 2 aliphatic heterocycles. The number of hydrogen-bond acceptors (Lipinski definition) is 2. The maximum Gasteiger partial charge on any atom is 0.321 e. The van der Waals surface area contributed by atoms with Crippen LogP contribution in [0.2, 0.25) is 0 Å². The van der Waals surface area contributed by atoms with Crippen LogP contribution in [-0.2, 0) is 0 Å². The molecule has 2 aliphatic rings. The van der Waals surface area contributed by atoms with E-state index in [0.29, 0.717) is 6.04 Å². The highest BCUT2D eigenvalue weighted by Gasteiger charge is 2.35. The fraction of sp³-hybridized carbons (Fsp3) is 0.562. The number of hydrogen-bond donors (Lipinski definition) is 1. The second-order valence-corrected chi connectivity index (χ2v) is 5.95. The van der Waals surface area contributed by atoms with Gasteiger partial charge in [-0.3, -0.25) is 4.90 Å². The second-order valence-electron chi connectivity index (χ2n) is 5.95. The number of benzene rings is 1. The van der Waals surface area contributed by atoms with E-state index >= 15 is 0 Å². The standard InChI is InChI=1S/C16H23N3O/c1-13-5-7-14(8-6-13)17-16(20)19-11-15(12-19)18-9-3-2-4-10-18/h5-8,15H,2-4,9-12H2,1H3,(H,17,20). The topological polar surface area (TPSA) is 35.6 Å². The lowest BCUT2D eigenvalue weighted by molar-refractivity contribution is 0.0493. The number of nitrogens with zero attached hydrogens (tertiary/aromatic N) is 2. The van der Waals surface area contributed by atoms with Gasteiger partial charge in [0.1, 0.15) is 0 Å². The summed E-state index contributed by atoms with van der Waals surface area (Å²) < 4.78 is 0. The molecule has 2 heterocycles. The minimum atomic E-state index is 0.0297. The Labute approximate surface area is 120 Å². The van der Waals surface area contributed by atoms with Crippen LogP contribution in [0.15, 0.2) is 24.3 Å². The summed E-state index contributed by atoms with van der Waals surface area (Å²) in [6, 6.07) is 8.55. The molecule has 0 radical (unpaired) electrons. The molecule has 1 aromatic carbocycles. The van der Waals surface area contributed by atoms with Gasteiger partial charge in [-0.1, -0.05) is 24.1 Å². The zero-order valence-electron chi connectivity index (χ0n) is 12.1.